The molecule has 0 aliphatic carbocycles. The van der Waals surface area contributed by atoms with Crippen molar-refractivity contribution in [1.82, 2.24) is 10.3 Å². The van der Waals surface area contributed by atoms with E-state index in [1.807, 2.05) is 12.4 Å². The molecule has 1 N–H and O–H groups in total. The number of hydrogen-bond donors (Lipinski definition) is 1. The van der Waals surface area contributed by atoms with Crippen LogP contribution in [0.1, 0.15) is 31.2 Å². The molecule has 0 bridgehead atoms. The summed E-state index contributed by atoms with van der Waals surface area (Å²) in [5, 5.41) is 5.66. The summed E-state index contributed by atoms with van der Waals surface area (Å²) < 4.78 is 1.15. The molecule has 0 spiro atoms. The molecule has 2 heterocycles. The lowest BCUT2D eigenvalue weighted by Crippen LogP contribution is -2.35. The highest BCUT2D eigenvalue weighted by molar-refractivity contribution is 9.10. The Labute approximate surface area is 139 Å². The summed E-state index contributed by atoms with van der Waals surface area (Å²) in [6.45, 7) is 8.28. The van der Waals surface area contributed by atoms with Crippen LogP contribution in [0.15, 0.2) is 34.4 Å². The highest BCUT2D eigenvalue weighted by atomic mass is 79.9. The summed E-state index contributed by atoms with van der Waals surface area (Å²) in [5.74, 6) is 0. The van der Waals surface area contributed by atoms with Gasteiger partial charge in [0.1, 0.15) is 0 Å². The van der Waals surface area contributed by atoms with E-state index in [-0.39, 0.29) is 5.54 Å². The number of nitrogens with zero attached hydrogens (tertiary/aromatic N) is 2. The first-order chi connectivity index (χ1) is 9.85. The standard InChI is InChI=1S/C16H22BrN3S/c1-16(2,3)19-8-12-5-6-18-9-15(12)20(4)10-14-7-13(17)11-21-14/h5-7,9,11,19H,8,10H2,1-4H3. The highest BCUT2D eigenvalue weighted by Crippen LogP contribution is 2.25. The molecular formula is C16H22BrN3S. The van der Waals surface area contributed by atoms with Gasteiger partial charge in [0.25, 0.3) is 0 Å². The monoisotopic (exact) mass is 367 g/mol. The molecule has 0 fully saturated rings. The van der Waals surface area contributed by atoms with Crippen LogP contribution in [0.3, 0.4) is 0 Å². The quantitative estimate of drug-likeness (QED) is 0.846. The third kappa shape index (κ3) is 5.09. The van der Waals surface area contributed by atoms with E-state index in [4.69, 9.17) is 0 Å². The number of aromatic nitrogens is 1. The van der Waals surface area contributed by atoms with Gasteiger partial charge in [0, 0.05) is 40.1 Å². The molecule has 0 saturated carbocycles. The summed E-state index contributed by atoms with van der Waals surface area (Å²) in [6.07, 6.45) is 3.81. The van der Waals surface area contributed by atoms with Gasteiger partial charge in [0.15, 0.2) is 0 Å². The fraction of sp³-hybridized carbons (Fsp3) is 0.438. The minimum Gasteiger partial charge on any atom is -0.368 e. The van der Waals surface area contributed by atoms with Crippen molar-refractivity contribution in [2.75, 3.05) is 11.9 Å². The number of halogens is 1. The van der Waals surface area contributed by atoms with Crippen molar-refractivity contribution < 1.29 is 0 Å². The first-order valence-corrected chi connectivity index (χ1v) is 8.64. The van der Waals surface area contributed by atoms with E-state index in [0.29, 0.717) is 0 Å². The molecule has 0 saturated heterocycles. The van der Waals surface area contributed by atoms with Gasteiger partial charge in [-0.1, -0.05) is 0 Å². The van der Waals surface area contributed by atoms with Crippen LogP contribution in [0.2, 0.25) is 0 Å². The Bertz CT molecular complexity index is 589. The van der Waals surface area contributed by atoms with Gasteiger partial charge in [-0.2, -0.15) is 0 Å². The normalized spacial score (nSPS) is 11.7. The van der Waals surface area contributed by atoms with Crippen molar-refractivity contribution >= 4 is 33.0 Å². The Balaban J connectivity index is 2.11. The molecule has 0 unspecified atom stereocenters. The van der Waals surface area contributed by atoms with Crippen molar-refractivity contribution in [2.45, 2.75) is 39.4 Å². The van der Waals surface area contributed by atoms with Crippen LogP contribution in [0.4, 0.5) is 5.69 Å². The van der Waals surface area contributed by atoms with E-state index in [1.165, 1.54) is 16.1 Å². The minimum absolute atomic E-state index is 0.109. The van der Waals surface area contributed by atoms with E-state index in [9.17, 15) is 0 Å². The summed E-state index contributed by atoms with van der Waals surface area (Å²) in [6, 6.07) is 4.26. The topological polar surface area (TPSA) is 28.2 Å². The Hall–Kier alpha value is -0.910. The zero-order valence-electron chi connectivity index (χ0n) is 13.0. The maximum absolute atomic E-state index is 4.28. The summed E-state index contributed by atoms with van der Waals surface area (Å²) in [7, 11) is 2.12. The Morgan fingerprint density at radius 3 is 2.76 bits per heavy atom. The minimum atomic E-state index is 0.109. The number of thiophene rings is 1. The lowest BCUT2D eigenvalue weighted by atomic mass is 10.1. The number of hydrogen-bond acceptors (Lipinski definition) is 4. The molecule has 2 rings (SSSR count). The molecule has 3 nitrogen and oxygen atoms in total. The second-order valence-corrected chi connectivity index (χ2v) is 8.11. The van der Waals surface area contributed by atoms with Gasteiger partial charge < -0.3 is 10.2 Å². The molecule has 21 heavy (non-hydrogen) atoms. The average Bonchev–Trinajstić information content (AvgIpc) is 2.81. The van der Waals surface area contributed by atoms with Gasteiger partial charge in [0.2, 0.25) is 0 Å². The Morgan fingerprint density at radius 2 is 2.14 bits per heavy atom. The Morgan fingerprint density at radius 1 is 1.38 bits per heavy atom. The van der Waals surface area contributed by atoms with Gasteiger partial charge >= 0.3 is 0 Å². The van der Waals surface area contributed by atoms with Crippen molar-refractivity contribution in [1.29, 1.82) is 0 Å². The smallest absolute Gasteiger partial charge is 0.0599 e. The first kappa shape index (κ1) is 16.5. The second-order valence-electron chi connectivity index (χ2n) is 6.20. The molecule has 0 amide bonds. The van der Waals surface area contributed by atoms with E-state index in [2.05, 4.69) is 76.5 Å². The van der Waals surface area contributed by atoms with Crippen molar-refractivity contribution in [3.63, 3.8) is 0 Å². The van der Waals surface area contributed by atoms with Crippen LogP contribution >= 0.6 is 27.3 Å². The third-order valence-corrected chi connectivity index (χ3v) is 4.81. The predicted molar refractivity (Wildman–Crippen MR) is 95.0 cm³/mol. The van der Waals surface area contributed by atoms with Crippen molar-refractivity contribution in [3.8, 4) is 0 Å². The maximum atomic E-state index is 4.28. The second kappa shape index (κ2) is 6.90. The fourth-order valence-corrected chi connectivity index (χ4v) is 3.53. The Kier molecular flexibility index (Phi) is 5.41. The van der Waals surface area contributed by atoms with Gasteiger partial charge in [-0.15, -0.1) is 11.3 Å². The summed E-state index contributed by atoms with van der Waals surface area (Å²) in [4.78, 5) is 7.87. The molecule has 2 aromatic heterocycles. The van der Waals surface area contributed by atoms with Crippen LogP contribution < -0.4 is 10.2 Å². The number of pyridine rings is 1. The van der Waals surface area contributed by atoms with E-state index in [0.717, 1.165) is 17.6 Å². The SMILES string of the molecule is CN(Cc1cc(Br)cs1)c1cnccc1CNC(C)(C)C. The summed E-state index contributed by atoms with van der Waals surface area (Å²) in [5.41, 5.74) is 2.56. The largest absolute Gasteiger partial charge is 0.368 e. The van der Waals surface area contributed by atoms with E-state index in [1.54, 1.807) is 11.3 Å². The number of anilines is 1. The maximum Gasteiger partial charge on any atom is 0.0599 e. The molecule has 2 aromatic rings. The molecule has 0 aliphatic heterocycles. The first-order valence-electron chi connectivity index (χ1n) is 6.97. The number of nitrogens with one attached hydrogen (secondary N) is 1. The molecule has 114 valence electrons. The zero-order chi connectivity index (χ0) is 15.5. The van der Waals surface area contributed by atoms with Gasteiger partial charge in [-0.3, -0.25) is 4.98 Å². The molecule has 0 radical (unpaired) electrons. The average molecular weight is 368 g/mol. The van der Waals surface area contributed by atoms with Gasteiger partial charge in [-0.05, 0) is 54.4 Å². The molecule has 0 aromatic carbocycles. The molecular weight excluding hydrogens is 346 g/mol. The van der Waals surface area contributed by atoms with Crippen LogP contribution in [0, 0.1) is 0 Å². The summed E-state index contributed by atoms with van der Waals surface area (Å²) >= 11 is 5.28. The third-order valence-electron chi connectivity index (χ3n) is 3.12. The van der Waals surface area contributed by atoms with Crippen LogP contribution in [0.25, 0.3) is 0 Å². The van der Waals surface area contributed by atoms with E-state index < -0.39 is 0 Å². The lowest BCUT2D eigenvalue weighted by molar-refractivity contribution is 0.424. The zero-order valence-corrected chi connectivity index (χ0v) is 15.4. The fourth-order valence-electron chi connectivity index (χ4n) is 2.02. The van der Waals surface area contributed by atoms with Crippen LogP contribution in [-0.2, 0) is 13.1 Å². The molecule has 0 atom stereocenters. The number of rotatable bonds is 5. The van der Waals surface area contributed by atoms with Crippen molar-refractivity contribution in [2.24, 2.45) is 0 Å². The van der Waals surface area contributed by atoms with Crippen LogP contribution in [0.5, 0.6) is 0 Å². The molecule has 5 heteroatoms. The van der Waals surface area contributed by atoms with E-state index >= 15 is 0 Å². The predicted octanol–water partition coefficient (Wildman–Crippen LogP) is 4.43. The van der Waals surface area contributed by atoms with Crippen molar-refractivity contribution in [3.05, 3.63) is 44.8 Å². The highest BCUT2D eigenvalue weighted by Gasteiger charge is 2.13. The lowest BCUT2D eigenvalue weighted by Gasteiger charge is -2.25. The van der Waals surface area contributed by atoms with Crippen LogP contribution in [-0.4, -0.2) is 17.6 Å². The molecule has 0 aliphatic rings. The van der Waals surface area contributed by atoms with Gasteiger partial charge in [-0.25, -0.2) is 0 Å². The van der Waals surface area contributed by atoms with Gasteiger partial charge in [0.05, 0.1) is 18.4 Å².